The van der Waals surface area contributed by atoms with Gasteiger partial charge in [0.15, 0.2) is 0 Å². The van der Waals surface area contributed by atoms with Crippen LogP contribution in [0.3, 0.4) is 0 Å². The van der Waals surface area contributed by atoms with Crippen molar-refractivity contribution in [2.75, 3.05) is 5.73 Å². The number of carbonyl (C=O) groups is 1. The van der Waals surface area contributed by atoms with Crippen molar-refractivity contribution in [2.24, 2.45) is 0 Å². The Balaban J connectivity index is 0.000000255. The van der Waals surface area contributed by atoms with Crippen molar-refractivity contribution in [2.45, 2.75) is 20.3 Å². The minimum atomic E-state index is 0.171. The summed E-state index contributed by atoms with van der Waals surface area (Å²) in [6.45, 7) is 6.92. The Morgan fingerprint density at radius 1 is 1.50 bits per heavy atom. The molecule has 1 aromatic carbocycles. The van der Waals surface area contributed by atoms with Gasteiger partial charge in [-0.25, -0.2) is 0 Å². The molecule has 0 amide bonds. The molecule has 0 fully saturated rings. The van der Waals surface area contributed by atoms with Gasteiger partial charge in [0.25, 0.3) is 0 Å². The predicted octanol–water partition coefficient (Wildman–Crippen LogP) is 2.73. The number of rotatable bonds is 2. The van der Waals surface area contributed by atoms with Crippen LogP contribution in [-0.4, -0.2) is 5.78 Å². The first-order valence-electron chi connectivity index (χ1n) is 4.49. The third-order valence-corrected chi connectivity index (χ3v) is 1.62. The van der Waals surface area contributed by atoms with Gasteiger partial charge in [0.2, 0.25) is 0 Å². The normalized spacial score (nSPS) is 8.43. The van der Waals surface area contributed by atoms with Gasteiger partial charge in [0.1, 0.15) is 5.78 Å². The van der Waals surface area contributed by atoms with Gasteiger partial charge in [-0.3, -0.25) is 4.79 Å². The number of benzene rings is 1. The first kappa shape index (κ1) is 12.4. The molecular weight excluding hydrogens is 174 g/mol. The molecule has 0 spiro atoms. The highest BCUT2D eigenvalue weighted by Crippen LogP contribution is 2.06. The van der Waals surface area contributed by atoms with E-state index in [1.54, 1.807) is 13.0 Å². The highest BCUT2D eigenvalue weighted by atomic mass is 16.1. The van der Waals surface area contributed by atoms with E-state index in [0.29, 0.717) is 6.42 Å². The van der Waals surface area contributed by atoms with Gasteiger partial charge in [0, 0.05) is 12.1 Å². The summed E-state index contributed by atoms with van der Waals surface area (Å²) >= 11 is 0. The number of allylic oxidation sites excluding steroid dienone is 1. The summed E-state index contributed by atoms with van der Waals surface area (Å²) in [5, 5.41) is 0. The van der Waals surface area contributed by atoms with E-state index in [4.69, 9.17) is 5.73 Å². The number of nitrogens with two attached hydrogens (primary N) is 1. The number of anilines is 1. The number of carbonyl (C=O) groups excluding carboxylic acids is 1. The maximum atomic E-state index is 9.97. The predicted molar refractivity (Wildman–Crippen MR) is 61.1 cm³/mol. The Hall–Kier alpha value is -1.57. The van der Waals surface area contributed by atoms with Crippen LogP contribution in [0.25, 0.3) is 0 Å². The number of hydrogen-bond acceptors (Lipinski definition) is 2. The van der Waals surface area contributed by atoms with Gasteiger partial charge in [-0.2, -0.15) is 0 Å². The second kappa shape index (κ2) is 6.89. The highest BCUT2D eigenvalue weighted by molar-refractivity contribution is 5.76. The summed E-state index contributed by atoms with van der Waals surface area (Å²) in [4.78, 5) is 9.97. The molecule has 1 rings (SSSR count). The summed E-state index contributed by atoms with van der Waals surface area (Å²) in [5.41, 5.74) is 7.53. The maximum Gasteiger partial charge on any atom is 0.133 e. The van der Waals surface area contributed by atoms with E-state index in [1.165, 1.54) is 0 Å². The molecule has 2 nitrogen and oxygen atoms in total. The Morgan fingerprint density at radius 3 is 2.29 bits per heavy atom. The summed E-state index contributed by atoms with van der Waals surface area (Å²) < 4.78 is 0. The molecule has 0 saturated heterocycles. The van der Waals surface area contributed by atoms with Crippen LogP contribution < -0.4 is 5.73 Å². The van der Waals surface area contributed by atoms with Gasteiger partial charge in [-0.1, -0.05) is 24.3 Å². The van der Waals surface area contributed by atoms with Crippen LogP contribution >= 0.6 is 0 Å². The van der Waals surface area contributed by atoms with Gasteiger partial charge >= 0.3 is 0 Å². The average Bonchev–Trinajstić information content (AvgIpc) is 2.11. The lowest BCUT2D eigenvalue weighted by Crippen LogP contribution is -1.85. The maximum absolute atomic E-state index is 9.97. The van der Waals surface area contributed by atoms with Crippen molar-refractivity contribution in [1.29, 1.82) is 0 Å². The standard InChI is InChI=1S/C7H9N.C5H8O/c1-6-4-2-3-5-7(6)8;1-3-4-5(2)6/h2-5H,8H2,1H3;3H,1,4H2,2H3. The molecule has 0 aromatic heterocycles. The van der Waals surface area contributed by atoms with Crippen LogP contribution in [0.1, 0.15) is 18.9 Å². The van der Waals surface area contributed by atoms with Gasteiger partial charge in [-0.15, -0.1) is 6.58 Å². The summed E-state index contributed by atoms with van der Waals surface area (Å²) in [5.74, 6) is 0.171. The number of nitrogen functional groups attached to an aromatic ring is 1. The van der Waals surface area contributed by atoms with Crippen LogP contribution in [0.15, 0.2) is 36.9 Å². The van der Waals surface area contributed by atoms with Gasteiger partial charge < -0.3 is 5.73 Å². The molecule has 0 radical (unpaired) electrons. The number of para-hydroxylation sites is 1. The Kier molecular flexibility index (Phi) is 6.12. The van der Waals surface area contributed by atoms with Crippen molar-refractivity contribution in [3.8, 4) is 0 Å². The zero-order valence-electron chi connectivity index (χ0n) is 8.79. The molecule has 2 N–H and O–H groups in total. The largest absolute Gasteiger partial charge is 0.399 e. The molecule has 2 heteroatoms. The zero-order chi connectivity index (χ0) is 11.0. The van der Waals surface area contributed by atoms with Crippen LogP contribution in [0.2, 0.25) is 0 Å². The van der Waals surface area contributed by atoms with Crippen LogP contribution in [0.5, 0.6) is 0 Å². The highest BCUT2D eigenvalue weighted by Gasteiger charge is 1.84. The van der Waals surface area contributed by atoms with Gasteiger partial charge in [-0.05, 0) is 25.5 Å². The van der Waals surface area contributed by atoms with Crippen molar-refractivity contribution < 1.29 is 4.79 Å². The van der Waals surface area contributed by atoms with Crippen molar-refractivity contribution >= 4 is 11.5 Å². The van der Waals surface area contributed by atoms with Crippen molar-refractivity contribution in [3.05, 3.63) is 42.5 Å². The molecule has 14 heavy (non-hydrogen) atoms. The molecule has 0 heterocycles. The fourth-order valence-electron chi connectivity index (χ4n) is 0.790. The molecule has 0 aliphatic carbocycles. The quantitative estimate of drug-likeness (QED) is 0.577. The first-order valence-corrected chi connectivity index (χ1v) is 4.49. The van der Waals surface area contributed by atoms with Crippen LogP contribution in [-0.2, 0) is 4.79 Å². The van der Waals surface area contributed by atoms with Gasteiger partial charge in [0.05, 0.1) is 0 Å². The minimum absolute atomic E-state index is 0.171. The molecule has 0 unspecified atom stereocenters. The molecule has 0 saturated carbocycles. The van der Waals surface area contributed by atoms with Crippen LogP contribution in [0, 0.1) is 6.92 Å². The van der Waals surface area contributed by atoms with E-state index in [1.807, 2.05) is 31.2 Å². The summed E-state index contributed by atoms with van der Waals surface area (Å²) in [6, 6.07) is 7.80. The number of aryl methyl sites for hydroxylation is 1. The Morgan fingerprint density at radius 2 is 2.07 bits per heavy atom. The Bertz CT molecular complexity index is 284. The van der Waals surface area contributed by atoms with Crippen molar-refractivity contribution in [3.63, 3.8) is 0 Å². The fourth-order valence-corrected chi connectivity index (χ4v) is 0.790. The SMILES string of the molecule is C=CCC(C)=O.Cc1ccccc1N. The second-order valence-corrected chi connectivity index (χ2v) is 3.05. The smallest absolute Gasteiger partial charge is 0.133 e. The lowest BCUT2D eigenvalue weighted by atomic mass is 10.2. The van der Waals surface area contributed by atoms with E-state index in [-0.39, 0.29) is 5.78 Å². The van der Waals surface area contributed by atoms with E-state index >= 15 is 0 Å². The second-order valence-electron chi connectivity index (χ2n) is 3.05. The molecule has 0 atom stereocenters. The topological polar surface area (TPSA) is 43.1 Å². The molecule has 0 aliphatic heterocycles. The zero-order valence-corrected chi connectivity index (χ0v) is 8.79. The lowest BCUT2D eigenvalue weighted by Gasteiger charge is -1.93. The number of Topliss-reactive ketones (excluding diaryl/α,β-unsaturated/α-hetero) is 1. The van der Waals surface area contributed by atoms with E-state index in [9.17, 15) is 4.79 Å². The third-order valence-electron chi connectivity index (χ3n) is 1.62. The molecule has 1 aromatic rings. The van der Waals surface area contributed by atoms with E-state index in [0.717, 1.165) is 11.3 Å². The monoisotopic (exact) mass is 191 g/mol. The summed E-state index contributed by atoms with van der Waals surface area (Å²) in [7, 11) is 0. The van der Waals surface area contributed by atoms with E-state index < -0.39 is 0 Å². The van der Waals surface area contributed by atoms with Crippen LogP contribution in [0.4, 0.5) is 5.69 Å². The Labute approximate surface area is 85.4 Å². The molecule has 76 valence electrons. The fraction of sp³-hybridized carbons (Fsp3) is 0.250. The third kappa shape index (κ3) is 6.00. The number of ketones is 1. The molecule has 0 aliphatic rings. The average molecular weight is 191 g/mol. The van der Waals surface area contributed by atoms with E-state index in [2.05, 4.69) is 6.58 Å². The van der Waals surface area contributed by atoms with Crippen molar-refractivity contribution in [1.82, 2.24) is 0 Å². The first-order chi connectivity index (χ1) is 6.57. The minimum Gasteiger partial charge on any atom is -0.399 e. The molecule has 0 bridgehead atoms. The summed E-state index contributed by atoms with van der Waals surface area (Å²) in [6.07, 6.45) is 2.10. The molecular formula is C12H17NO. The lowest BCUT2D eigenvalue weighted by molar-refractivity contribution is -0.116. The number of hydrogen-bond donors (Lipinski definition) is 1.